The van der Waals surface area contributed by atoms with Crippen molar-refractivity contribution in [1.29, 1.82) is 0 Å². The maximum Gasteiger partial charge on any atom is 0.410 e. The summed E-state index contributed by atoms with van der Waals surface area (Å²) in [6.45, 7) is 7.17. The molecule has 40 heavy (non-hydrogen) atoms. The number of ether oxygens (including phenoxy) is 1. The van der Waals surface area contributed by atoms with E-state index in [9.17, 15) is 14.4 Å². The van der Waals surface area contributed by atoms with E-state index in [0.29, 0.717) is 41.1 Å². The van der Waals surface area contributed by atoms with Gasteiger partial charge in [-0.1, -0.05) is 6.07 Å². The topological polar surface area (TPSA) is 97.0 Å². The van der Waals surface area contributed by atoms with Crippen molar-refractivity contribution < 1.29 is 18.7 Å². The van der Waals surface area contributed by atoms with Crippen molar-refractivity contribution in [3.05, 3.63) is 70.5 Å². The molecule has 1 saturated heterocycles. The van der Waals surface area contributed by atoms with Gasteiger partial charge in [0.15, 0.2) is 5.58 Å². The Morgan fingerprint density at radius 2 is 1.68 bits per heavy atom. The van der Waals surface area contributed by atoms with Gasteiger partial charge in [0, 0.05) is 35.9 Å². The molecule has 3 heterocycles. The third-order valence-corrected chi connectivity index (χ3v) is 7.02. The second-order valence-corrected chi connectivity index (χ2v) is 11.7. The molecule has 9 nitrogen and oxygen atoms in total. The number of nitrogens with zero attached hydrogens (tertiary/aromatic N) is 3. The van der Waals surface area contributed by atoms with Gasteiger partial charge in [0.1, 0.15) is 16.7 Å². The van der Waals surface area contributed by atoms with E-state index in [0.717, 1.165) is 23.8 Å². The van der Waals surface area contributed by atoms with E-state index >= 15 is 0 Å². The minimum atomic E-state index is -0.516. The minimum Gasteiger partial charge on any atom is -0.454 e. The van der Waals surface area contributed by atoms with Crippen LogP contribution in [0.1, 0.15) is 45.1 Å². The van der Waals surface area contributed by atoms with Crippen molar-refractivity contribution in [3.8, 4) is 5.69 Å². The van der Waals surface area contributed by atoms with Crippen LogP contribution in [-0.2, 0) is 9.53 Å². The molecule has 210 valence electrons. The molecule has 0 unspecified atom stereocenters. The Morgan fingerprint density at radius 1 is 1.00 bits per heavy atom. The number of pyridine rings is 1. The van der Waals surface area contributed by atoms with Gasteiger partial charge in [-0.25, -0.2) is 4.79 Å². The highest BCUT2D eigenvalue weighted by molar-refractivity contribution is 6.03. The summed E-state index contributed by atoms with van der Waals surface area (Å²) in [6, 6.07) is 16.6. The van der Waals surface area contributed by atoms with E-state index < -0.39 is 5.60 Å². The van der Waals surface area contributed by atoms with Crippen molar-refractivity contribution in [1.82, 2.24) is 14.4 Å². The van der Waals surface area contributed by atoms with Gasteiger partial charge in [0.05, 0.1) is 6.54 Å². The Bertz CT molecular complexity index is 1600. The molecule has 1 aliphatic rings. The van der Waals surface area contributed by atoms with E-state index in [1.807, 2.05) is 53.1 Å². The molecule has 9 heteroatoms. The highest BCUT2D eigenvalue weighted by Gasteiger charge is 2.28. The lowest BCUT2D eigenvalue weighted by Crippen LogP contribution is -2.41. The molecule has 2 aromatic carbocycles. The fourth-order valence-electron chi connectivity index (χ4n) is 5.21. The molecule has 1 N–H and O–H groups in total. The fraction of sp³-hybridized carbons (Fsp3) is 0.387. The molecule has 5 rings (SSSR count). The van der Waals surface area contributed by atoms with Crippen LogP contribution in [0.5, 0.6) is 0 Å². The predicted molar refractivity (Wildman–Crippen MR) is 156 cm³/mol. The first-order chi connectivity index (χ1) is 19.0. The van der Waals surface area contributed by atoms with Crippen LogP contribution < -0.4 is 10.9 Å². The Labute approximate surface area is 233 Å². The first-order valence-corrected chi connectivity index (χ1v) is 13.6. The van der Waals surface area contributed by atoms with E-state index in [-0.39, 0.29) is 30.0 Å². The molecular formula is C31H36N4O5. The molecule has 0 spiro atoms. The molecule has 2 aromatic heterocycles. The largest absolute Gasteiger partial charge is 0.454 e. The quantitative estimate of drug-likeness (QED) is 0.364. The fourth-order valence-corrected chi connectivity index (χ4v) is 5.21. The number of aromatic nitrogens is 1. The van der Waals surface area contributed by atoms with Crippen molar-refractivity contribution in [3.63, 3.8) is 0 Å². The van der Waals surface area contributed by atoms with Crippen molar-refractivity contribution in [2.24, 2.45) is 0 Å². The SMILES string of the molecule is CN(C)CC(=O)Nc1ccc(-n2c(=O)ccc3oc4ccc(C5CCN(C(=O)OC(C)(C)C)CC5)cc4c32)cc1. The van der Waals surface area contributed by atoms with Gasteiger partial charge < -0.3 is 24.3 Å². The number of likely N-dealkylation sites (N-methyl/N-ethyl adjacent to an activating group) is 1. The molecular weight excluding hydrogens is 508 g/mol. The van der Waals surface area contributed by atoms with Crippen LogP contribution >= 0.6 is 0 Å². The normalized spacial score (nSPS) is 14.7. The van der Waals surface area contributed by atoms with E-state index in [2.05, 4.69) is 17.4 Å². The molecule has 0 atom stereocenters. The van der Waals surface area contributed by atoms with Crippen LogP contribution in [0.15, 0.2) is 63.8 Å². The summed E-state index contributed by atoms with van der Waals surface area (Å²) in [5.41, 5.74) is 3.84. The van der Waals surface area contributed by atoms with Gasteiger partial charge in [-0.05, 0) is 102 Å². The molecule has 1 fully saturated rings. The second kappa shape index (κ2) is 10.8. The molecule has 0 radical (unpaired) electrons. The van der Waals surface area contributed by atoms with Gasteiger partial charge in [-0.3, -0.25) is 14.2 Å². The second-order valence-electron chi connectivity index (χ2n) is 11.7. The smallest absolute Gasteiger partial charge is 0.410 e. The predicted octanol–water partition coefficient (Wildman–Crippen LogP) is 5.35. The number of hydrogen-bond donors (Lipinski definition) is 1. The number of benzene rings is 2. The number of anilines is 1. The molecule has 0 saturated carbocycles. The zero-order valence-corrected chi connectivity index (χ0v) is 23.7. The van der Waals surface area contributed by atoms with Crippen LogP contribution in [0.2, 0.25) is 0 Å². The van der Waals surface area contributed by atoms with Crippen LogP contribution in [0, 0.1) is 0 Å². The number of nitrogens with one attached hydrogen (secondary N) is 1. The van der Waals surface area contributed by atoms with Crippen LogP contribution in [0.4, 0.5) is 10.5 Å². The monoisotopic (exact) mass is 544 g/mol. The van der Waals surface area contributed by atoms with Crippen molar-refractivity contribution in [2.75, 3.05) is 39.0 Å². The van der Waals surface area contributed by atoms with Crippen molar-refractivity contribution in [2.45, 2.75) is 45.1 Å². The lowest BCUT2D eigenvalue weighted by molar-refractivity contribution is -0.116. The van der Waals surface area contributed by atoms with Gasteiger partial charge in [-0.15, -0.1) is 0 Å². The van der Waals surface area contributed by atoms with Gasteiger partial charge in [0.25, 0.3) is 5.56 Å². The van der Waals surface area contributed by atoms with Crippen LogP contribution in [-0.4, -0.2) is 65.7 Å². The summed E-state index contributed by atoms with van der Waals surface area (Å²) in [4.78, 5) is 41.4. The number of carbonyl (C=O) groups is 2. The molecule has 0 bridgehead atoms. The number of amides is 2. The maximum absolute atomic E-state index is 13.1. The number of piperidine rings is 1. The summed E-state index contributed by atoms with van der Waals surface area (Å²) in [5.74, 6) is 0.171. The van der Waals surface area contributed by atoms with E-state index in [1.54, 1.807) is 32.6 Å². The third-order valence-electron chi connectivity index (χ3n) is 7.02. The first-order valence-electron chi connectivity index (χ1n) is 13.6. The average molecular weight is 545 g/mol. The molecule has 2 amide bonds. The number of carbonyl (C=O) groups excluding carboxylic acids is 2. The molecule has 0 aliphatic carbocycles. The number of fused-ring (bicyclic) bond motifs is 3. The molecule has 1 aliphatic heterocycles. The van der Waals surface area contributed by atoms with Crippen LogP contribution in [0.25, 0.3) is 27.8 Å². The highest BCUT2D eigenvalue weighted by Crippen LogP contribution is 2.35. The summed E-state index contributed by atoms with van der Waals surface area (Å²) in [7, 11) is 3.67. The summed E-state index contributed by atoms with van der Waals surface area (Å²) in [5, 5.41) is 3.74. The zero-order valence-electron chi connectivity index (χ0n) is 23.7. The Morgan fingerprint density at radius 3 is 2.33 bits per heavy atom. The zero-order chi connectivity index (χ0) is 28.6. The summed E-state index contributed by atoms with van der Waals surface area (Å²) >= 11 is 0. The van der Waals surface area contributed by atoms with Gasteiger partial charge >= 0.3 is 6.09 Å². The first kappa shape index (κ1) is 27.5. The van der Waals surface area contributed by atoms with E-state index in [1.165, 1.54) is 6.07 Å². The Kier molecular flexibility index (Phi) is 7.42. The lowest BCUT2D eigenvalue weighted by atomic mass is 9.89. The average Bonchev–Trinajstić information content (AvgIpc) is 3.26. The van der Waals surface area contributed by atoms with Gasteiger partial charge in [0.2, 0.25) is 5.91 Å². The maximum atomic E-state index is 13.1. The number of likely N-dealkylation sites (tertiary alicyclic amines) is 1. The Balaban J connectivity index is 1.43. The van der Waals surface area contributed by atoms with Crippen molar-refractivity contribution >= 4 is 39.8 Å². The lowest BCUT2D eigenvalue weighted by Gasteiger charge is -2.33. The van der Waals surface area contributed by atoms with Gasteiger partial charge in [-0.2, -0.15) is 0 Å². The van der Waals surface area contributed by atoms with Crippen LogP contribution in [0.3, 0.4) is 0 Å². The third kappa shape index (κ3) is 5.89. The molecule has 4 aromatic rings. The minimum absolute atomic E-state index is 0.109. The Hall–Kier alpha value is -4.11. The summed E-state index contributed by atoms with van der Waals surface area (Å²) in [6.07, 6.45) is 1.39. The standard InChI is InChI=1S/C31H36N4O5/c1-31(2,3)40-30(38)34-16-14-20(15-17-34)21-6-11-25-24(18-21)29-26(39-25)12-13-28(37)35(29)23-9-7-22(8-10-23)32-27(36)19-33(4)5/h6-13,18,20H,14-17,19H2,1-5H3,(H,32,36). The van der Waals surface area contributed by atoms with E-state index in [4.69, 9.17) is 9.15 Å². The number of rotatable bonds is 5. The number of hydrogen-bond acceptors (Lipinski definition) is 6. The highest BCUT2D eigenvalue weighted by atomic mass is 16.6. The number of furan rings is 1. The summed E-state index contributed by atoms with van der Waals surface area (Å²) < 4.78 is 13.3.